The van der Waals surface area contributed by atoms with Crippen molar-refractivity contribution in [3.05, 3.63) is 52.7 Å². The standard InChI is InChI=1S/C19H22N2O4S2/c1-25-16-4-7-18(8-5-16)27(23,24)20-15-10-12-21(13-11-15)19(22)9-6-17-3-2-14-26-17/h2-9,14-15,20H,10-13H2,1H3/b9-6+. The molecule has 3 rings (SSSR count). The van der Waals surface area contributed by atoms with E-state index in [4.69, 9.17) is 4.74 Å². The van der Waals surface area contributed by atoms with Crippen LogP contribution in [0.25, 0.3) is 6.08 Å². The minimum Gasteiger partial charge on any atom is -0.497 e. The van der Waals surface area contributed by atoms with E-state index in [2.05, 4.69) is 4.72 Å². The van der Waals surface area contributed by atoms with Gasteiger partial charge in [0.05, 0.1) is 12.0 Å². The number of piperidine rings is 1. The van der Waals surface area contributed by atoms with Crippen molar-refractivity contribution in [1.82, 2.24) is 9.62 Å². The highest BCUT2D eigenvalue weighted by Crippen LogP contribution is 2.18. The summed E-state index contributed by atoms with van der Waals surface area (Å²) in [5.41, 5.74) is 0. The molecule has 1 aliphatic heterocycles. The highest BCUT2D eigenvalue weighted by atomic mass is 32.2. The average Bonchev–Trinajstić information content (AvgIpc) is 3.20. The molecule has 27 heavy (non-hydrogen) atoms. The number of nitrogens with zero attached hydrogens (tertiary/aromatic N) is 1. The molecule has 144 valence electrons. The van der Waals surface area contributed by atoms with Crippen molar-refractivity contribution < 1.29 is 17.9 Å². The minimum atomic E-state index is -3.58. The zero-order valence-electron chi connectivity index (χ0n) is 15.0. The molecule has 0 unspecified atom stereocenters. The van der Waals surface area contributed by atoms with Gasteiger partial charge in [0.15, 0.2) is 0 Å². The Hall–Kier alpha value is -2.16. The Morgan fingerprint density at radius 3 is 2.52 bits per heavy atom. The van der Waals surface area contributed by atoms with E-state index in [0.29, 0.717) is 31.7 Å². The van der Waals surface area contributed by atoms with Crippen LogP contribution in [0.3, 0.4) is 0 Å². The second-order valence-electron chi connectivity index (χ2n) is 6.25. The smallest absolute Gasteiger partial charge is 0.246 e. The predicted octanol–water partition coefficient (Wildman–Crippen LogP) is 2.74. The summed E-state index contributed by atoms with van der Waals surface area (Å²) in [6, 6.07) is 10.0. The number of nitrogens with one attached hydrogen (secondary N) is 1. The number of ether oxygens (including phenoxy) is 1. The van der Waals surface area contributed by atoms with Crippen LogP contribution < -0.4 is 9.46 Å². The minimum absolute atomic E-state index is 0.0418. The number of hydrogen-bond acceptors (Lipinski definition) is 5. The lowest BCUT2D eigenvalue weighted by atomic mass is 10.1. The Balaban J connectivity index is 1.53. The molecule has 6 nitrogen and oxygen atoms in total. The number of rotatable bonds is 6. The summed E-state index contributed by atoms with van der Waals surface area (Å²) < 4.78 is 32.8. The molecule has 1 aliphatic rings. The fourth-order valence-corrected chi connectivity index (χ4v) is 4.83. The normalized spacial score (nSPS) is 16.0. The van der Waals surface area contributed by atoms with Gasteiger partial charge in [0.25, 0.3) is 0 Å². The number of amides is 1. The Kier molecular flexibility index (Phi) is 6.30. The van der Waals surface area contributed by atoms with Gasteiger partial charge in [-0.3, -0.25) is 4.79 Å². The summed E-state index contributed by atoms with van der Waals surface area (Å²) in [6.07, 6.45) is 4.57. The predicted molar refractivity (Wildman–Crippen MR) is 106 cm³/mol. The van der Waals surface area contributed by atoms with Gasteiger partial charge in [0.1, 0.15) is 5.75 Å². The third-order valence-corrected chi connectivity index (χ3v) is 6.81. The van der Waals surface area contributed by atoms with Gasteiger partial charge in [-0.05, 0) is 54.6 Å². The summed E-state index contributed by atoms with van der Waals surface area (Å²) >= 11 is 1.58. The van der Waals surface area contributed by atoms with E-state index < -0.39 is 10.0 Å². The van der Waals surface area contributed by atoms with E-state index in [0.717, 1.165) is 4.88 Å². The third kappa shape index (κ3) is 5.18. The second kappa shape index (κ2) is 8.69. The van der Waals surface area contributed by atoms with Gasteiger partial charge in [-0.2, -0.15) is 0 Å². The van der Waals surface area contributed by atoms with Crippen molar-refractivity contribution >= 4 is 33.3 Å². The van der Waals surface area contributed by atoms with Crippen molar-refractivity contribution in [2.24, 2.45) is 0 Å². The number of methoxy groups -OCH3 is 1. The van der Waals surface area contributed by atoms with E-state index in [1.54, 1.807) is 34.4 Å². The van der Waals surface area contributed by atoms with E-state index >= 15 is 0 Å². The fourth-order valence-electron chi connectivity index (χ4n) is 2.90. The number of likely N-dealkylation sites (tertiary alicyclic amines) is 1. The van der Waals surface area contributed by atoms with Crippen LogP contribution in [0.2, 0.25) is 0 Å². The van der Waals surface area contributed by atoms with Crippen LogP contribution in [0.4, 0.5) is 0 Å². The molecule has 0 aliphatic carbocycles. The molecular weight excluding hydrogens is 384 g/mol. The lowest BCUT2D eigenvalue weighted by Gasteiger charge is -2.31. The van der Waals surface area contributed by atoms with E-state index in [1.165, 1.54) is 19.2 Å². The van der Waals surface area contributed by atoms with E-state index in [9.17, 15) is 13.2 Å². The van der Waals surface area contributed by atoms with Crippen LogP contribution in [-0.2, 0) is 14.8 Å². The lowest BCUT2D eigenvalue weighted by molar-refractivity contribution is -0.126. The maximum absolute atomic E-state index is 12.5. The molecular formula is C19H22N2O4S2. The quantitative estimate of drug-likeness (QED) is 0.749. The number of carbonyl (C=O) groups is 1. The lowest BCUT2D eigenvalue weighted by Crippen LogP contribution is -2.46. The van der Waals surface area contributed by atoms with Gasteiger partial charge in [0, 0.05) is 30.1 Å². The molecule has 1 fully saturated rings. The maximum Gasteiger partial charge on any atom is 0.246 e. The van der Waals surface area contributed by atoms with Gasteiger partial charge in [-0.1, -0.05) is 6.07 Å². The first-order valence-electron chi connectivity index (χ1n) is 8.65. The van der Waals surface area contributed by atoms with Gasteiger partial charge in [-0.25, -0.2) is 13.1 Å². The molecule has 0 bridgehead atoms. The van der Waals surface area contributed by atoms with Gasteiger partial charge < -0.3 is 9.64 Å². The Bertz CT molecular complexity index is 882. The Morgan fingerprint density at radius 1 is 1.22 bits per heavy atom. The summed E-state index contributed by atoms with van der Waals surface area (Å²) in [5.74, 6) is 0.566. The highest BCUT2D eigenvalue weighted by Gasteiger charge is 2.26. The van der Waals surface area contributed by atoms with Crippen LogP contribution in [0.5, 0.6) is 5.75 Å². The van der Waals surface area contributed by atoms with Crippen LogP contribution in [0.1, 0.15) is 17.7 Å². The topological polar surface area (TPSA) is 75.7 Å². The number of benzene rings is 1. The molecule has 2 heterocycles. The average molecular weight is 407 g/mol. The largest absolute Gasteiger partial charge is 0.497 e. The van der Waals surface area contributed by atoms with Gasteiger partial charge >= 0.3 is 0 Å². The maximum atomic E-state index is 12.5. The van der Waals surface area contributed by atoms with Crippen LogP contribution in [0.15, 0.2) is 52.7 Å². The van der Waals surface area contributed by atoms with Crippen LogP contribution >= 0.6 is 11.3 Å². The van der Waals surface area contributed by atoms with Gasteiger partial charge in [-0.15, -0.1) is 11.3 Å². The number of thiophene rings is 1. The van der Waals surface area contributed by atoms with Crippen LogP contribution in [-0.4, -0.2) is 45.5 Å². The molecule has 8 heteroatoms. The van der Waals surface area contributed by atoms with Crippen molar-refractivity contribution in [1.29, 1.82) is 0 Å². The Labute approximate surface area is 163 Å². The Morgan fingerprint density at radius 2 is 1.93 bits per heavy atom. The first-order chi connectivity index (χ1) is 13.0. The zero-order valence-corrected chi connectivity index (χ0v) is 16.6. The molecule has 0 radical (unpaired) electrons. The monoisotopic (exact) mass is 406 g/mol. The SMILES string of the molecule is COc1ccc(S(=O)(=O)NC2CCN(C(=O)/C=C/c3cccs3)CC2)cc1. The van der Waals surface area contributed by atoms with Crippen molar-refractivity contribution in [2.75, 3.05) is 20.2 Å². The molecule has 1 aromatic heterocycles. The van der Waals surface area contributed by atoms with Crippen molar-refractivity contribution in [2.45, 2.75) is 23.8 Å². The molecule has 0 saturated carbocycles. The molecule has 0 spiro atoms. The molecule has 1 saturated heterocycles. The molecule has 1 amide bonds. The number of sulfonamides is 1. The molecule has 2 aromatic rings. The van der Waals surface area contributed by atoms with Crippen LogP contribution in [0, 0.1) is 0 Å². The second-order valence-corrected chi connectivity index (χ2v) is 8.94. The summed E-state index contributed by atoms with van der Waals surface area (Å²) in [4.78, 5) is 15.3. The highest BCUT2D eigenvalue weighted by molar-refractivity contribution is 7.89. The summed E-state index contributed by atoms with van der Waals surface area (Å²) in [7, 11) is -2.05. The van der Waals surface area contributed by atoms with E-state index in [1.807, 2.05) is 23.6 Å². The molecule has 1 N–H and O–H groups in total. The fraction of sp³-hybridized carbons (Fsp3) is 0.316. The third-order valence-electron chi connectivity index (χ3n) is 4.43. The zero-order chi connectivity index (χ0) is 19.3. The van der Waals surface area contributed by atoms with Gasteiger partial charge in [0.2, 0.25) is 15.9 Å². The van der Waals surface area contributed by atoms with E-state index in [-0.39, 0.29) is 16.8 Å². The molecule has 0 atom stereocenters. The first-order valence-corrected chi connectivity index (χ1v) is 11.0. The summed E-state index contributed by atoms with van der Waals surface area (Å²) in [5, 5.41) is 1.96. The van der Waals surface area contributed by atoms with Crippen molar-refractivity contribution in [3.8, 4) is 5.75 Å². The first kappa shape index (κ1) is 19.6. The number of carbonyl (C=O) groups excluding carboxylic acids is 1. The summed E-state index contributed by atoms with van der Waals surface area (Å²) in [6.45, 7) is 1.06. The van der Waals surface area contributed by atoms with Crippen molar-refractivity contribution in [3.63, 3.8) is 0 Å². The molecule has 1 aromatic carbocycles. The number of hydrogen-bond donors (Lipinski definition) is 1.